The molecule has 9 heteroatoms. The number of nitrogens with zero attached hydrogens (tertiary/aromatic N) is 4. The molecule has 0 saturated carbocycles. The van der Waals surface area contributed by atoms with Crippen molar-refractivity contribution in [3.63, 3.8) is 0 Å². The van der Waals surface area contributed by atoms with E-state index >= 15 is 0 Å². The molecule has 0 aliphatic rings. The summed E-state index contributed by atoms with van der Waals surface area (Å²) < 4.78 is 7.21. The first-order valence-corrected chi connectivity index (χ1v) is 9.00. The zero-order valence-electron chi connectivity index (χ0n) is 16.2. The van der Waals surface area contributed by atoms with Crippen LogP contribution >= 0.6 is 0 Å². The number of carbonyl (C=O) groups is 2. The molecule has 0 saturated heterocycles. The van der Waals surface area contributed by atoms with Crippen molar-refractivity contribution in [2.24, 2.45) is 0 Å². The smallest absolute Gasteiger partial charge is 0.338 e. The van der Waals surface area contributed by atoms with Crippen LogP contribution in [0.2, 0.25) is 0 Å². The molecule has 30 heavy (non-hydrogen) atoms. The lowest BCUT2D eigenvalue weighted by Crippen LogP contribution is -2.34. The van der Waals surface area contributed by atoms with E-state index in [2.05, 4.69) is 15.5 Å². The first-order chi connectivity index (χ1) is 14.5. The molecule has 2 aromatic carbocycles. The van der Waals surface area contributed by atoms with Crippen LogP contribution in [0.25, 0.3) is 16.7 Å². The molecule has 0 bridgehead atoms. The monoisotopic (exact) mass is 403 g/mol. The average molecular weight is 403 g/mol. The number of carbonyl (C=O) groups excluding carboxylic acids is 2. The second-order valence-electron chi connectivity index (χ2n) is 6.53. The van der Waals surface area contributed by atoms with Crippen molar-refractivity contribution in [1.82, 2.24) is 19.4 Å². The van der Waals surface area contributed by atoms with Gasteiger partial charge in [0.25, 0.3) is 11.5 Å². The number of amides is 1. The maximum atomic E-state index is 12.8. The third-order valence-corrected chi connectivity index (χ3v) is 4.57. The number of aromatic nitrogens is 4. The van der Waals surface area contributed by atoms with Gasteiger partial charge in [0.2, 0.25) is 0 Å². The molecule has 0 aliphatic heterocycles. The molecule has 1 amide bonds. The third-order valence-electron chi connectivity index (χ3n) is 4.57. The summed E-state index contributed by atoms with van der Waals surface area (Å²) in [6, 6.07) is 13.8. The number of nitrogens with one attached hydrogen (secondary N) is 1. The highest BCUT2D eigenvalue weighted by Gasteiger charge is 2.18. The second-order valence-corrected chi connectivity index (χ2v) is 6.53. The molecule has 0 atom stereocenters. The van der Waals surface area contributed by atoms with E-state index in [0.29, 0.717) is 5.65 Å². The lowest BCUT2D eigenvalue weighted by atomic mass is 10.1. The highest BCUT2D eigenvalue weighted by atomic mass is 16.5. The maximum Gasteiger partial charge on any atom is 0.338 e. The van der Waals surface area contributed by atoms with E-state index in [9.17, 15) is 14.4 Å². The Bertz CT molecular complexity index is 1320. The molecule has 150 valence electrons. The van der Waals surface area contributed by atoms with E-state index < -0.39 is 17.4 Å². The molecule has 0 fully saturated rings. The zero-order chi connectivity index (χ0) is 21.3. The van der Waals surface area contributed by atoms with Gasteiger partial charge in [-0.3, -0.25) is 15.0 Å². The number of ether oxygens (including phenoxy) is 1. The van der Waals surface area contributed by atoms with Crippen molar-refractivity contribution in [3.05, 3.63) is 88.1 Å². The van der Waals surface area contributed by atoms with Gasteiger partial charge >= 0.3 is 5.97 Å². The van der Waals surface area contributed by atoms with E-state index in [-0.39, 0.29) is 16.5 Å². The first-order valence-electron chi connectivity index (χ1n) is 9.00. The van der Waals surface area contributed by atoms with Gasteiger partial charge in [-0.15, -0.1) is 0 Å². The van der Waals surface area contributed by atoms with E-state index in [1.54, 1.807) is 16.8 Å². The Morgan fingerprint density at radius 1 is 1.03 bits per heavy atom. The fourth-order valence-corrected chi connectivity index (χ4v) is 3.00. The van der Waals surface area contributed by atoms with Crippen molar-refractivity contribution < 1.29 is 14.3 Å². The predicted octanol–water partition coefficient (Wildman–Crippen LogP) is 2.06. The van der Waals surface area contributed by atoms with E-state index in [4.69, 9.17) is 4.74 Å². The van der Waals surface area contributed by atoms with Crippen LogP contribution in [-0.4, -0.2) is 38.4 Å². The molecule has 1 N–H and O–H groups in total. The van der Waals surface area contributed by atoms with Crippen LogP contribution in [0.15, 0.2) is 65.8 Å². The fraction of sp³-hybridized carbons (Fsp3) is 0.0952. The van der Waals surface area contributed by atoms with Crippen LogP contribution in [0.1, 0.15) is 26.3 Å². The van der Waals surface area contributed by atoms with E-state index in [1.165, 1.54) is 31.8 Å². The number of methoxy groups -OCH3 is 1. The van der Waals surface area contributed by atoms with Crippen molar-refractivity contribution in [1.29, 1.82) is 0 Å². The van der Waals surface area contributed by atoms with Gasteiger partial charge in [0.05, 0.1) is 30.1 Å². The fourth-order valence-electron chi connectivity index (χ4n) is 3.00. The number of hydrogen-bond acceptors (Lipinski definition) is 6. The van der Waals surface area contributed by atoms with Gasteiger partial charge in [0.15, 0.2) is 5.65 Å². The molecule has 9 nitrogen and oxygen atoms in total. The standard InChI is InChI=1S/C21H17N5O4/c1-13-7-9-14(10-8-13)26-18-17(11-23-26)20(28)25(12-22-18)24-19(27)15-5-3-4-6-16(15)21(29)30-2/h3-12H,1-2H3,(H,24,27). The van der Waals surface area contributed by atoms with E-state index in [1.807, 2.05) is 31.2 Å². The largest absolute Gasteiger partial charge is 0.465 e. The van der Waals surface area contributed by atoms with Gasteiger partial charge in [-0.1, -0.05) is 29.8 Å². The normalized spacial score (nSPS) is 10.7. The zero-order valence-corrected chi connectivity index (χ0v) is 16.2. The van der Waals surface area contributed by atoms with Gasteiger partial charge in [0.1, 0.15) is 11.7 Å². The summed E-state index contributed by atoms with van der Waals surface area (Å²) in [5.74, 6) is -1.30. The topological polar surface area (TPSA) is 108 Å². The number of benzene rings is 2. The first kappa shape index (κ1) is 19.1. The van der Waals surface area contributed by atoms with Crippen LogP contribution in [0.3, 0.4) is 0 Å². The van der Waals surface area contributed by atoms with Gasteiger partial charge < -0.3 is 4.74 Å². The predicted molar refractivity (Wildman–Crippen MR) is 109 cm³/mol. The van der Waals surface area contributed by atoms with Gasteiger partial charge in [-0.25, -0.2) is 19.1 Å². The van der Waals surface area contributed by atoms with Gasteiger partial charge in [-0.2, -0.15) is 5.10 Å². The van der Waals surface area contributed by atoms with Crippen LogP contribution in [0, 0.1) is 6.92 Å². The molecule has 0 radical (unpaired) electrons. The molecule has 2 heterocycles. The van der Waals surface area contributed by atoms with Crippen LogP contribution < -0.4 is 11.0 Å². The molecule has 4 rings (SSSR count). The van der Waals surface area contributed by atoms with Gasteiger partial charge in [0, 0.05) is 0 Å². The lowest BCUT2D eigenvalue weighted by molar-refractivity contribution is 0.0597. The summed E-state index contributed by atoms with van der Waals surface area (Å²) in [5, 5.41) is 4.49. The number of hydrogen-bond donors (Lipinski definition) is 1. The Morgan fingerprint density at radius 3 is 2.43 bits per heavy atom. The summed E-state index contributed by atoms with van der Waals surface area (Å²) in [5.41, 5.74) is 4.34. The minimum atomic E-state index is -0.652. The van der Waals surface area contributed by atoms with E-state index in [0.717, 1.165) is 15.9 Å². The SMILES string of the molecule is COC(=O)c1ccccc1C(=O)Nn1cnc2c(cnn2-c2ccc(C)cc2)c1=O. The van der Waals surface area contributed by atoms with Crippen molar-refractivity contribution in [2.45, 2.75) is 6.92 Å². The Balaban J connectivity index is 1.69. The number of aryl methyl sites for hydroxylation is 1. The van der Waals surface area contributed by atoms with Crippen LogP contribution in [0.5, 0.6) is 0 Å². The van der Waals surface area contributed by atoms with Gasteiger partial charge in [-0.05, 0) is 31.2 Å². The number of fused-ring (bicyclic) bond motifs is 1. The van der Waals surface area contributed by atoms with Crippen LogP contribution in [-0.2, 0) is 4.74 Å². The summed E-state index contributed by atoms with van der Waals surface area (Å²) >= 11 is 0. The molecule has 2 aromatic heterocycles. The number of rotatable bonds is 4. The lowest BCUT2D eigenvalue weighted by Gasteiger charge is -2.10. The second kappa shape index (κ2) is 7.63. The van der Waals surface area contributed by atoms with Crippen molar-refractivity contribution in [3.8, 4) is 5.69 Å². The molecule has 4 aromatic rings. The number of esters is 1. The molecule has 0 spiro atoms. The van der Waals surface area contributed by atoms with Crippen molar-refractivity contribution >= 4 is 22.9 Å². The highest BCUT2D eigenvalue weighted by molar-refractivity contribution is 6.08. The Kier molecular flexibility index (Phi) is 4.85. The molecule has 0 unspecified atom stereocenters. The molecule has 0 aliphatic carbocycles. The summed E-state index contributed by atoms with van der Waals surface area (Å²) in [6.07, 6.45) is 2.60. The maximum absolute atomic E-state index is 12.8. The Morgan fingerprint density at radius 2 is 1.73 bits per heavy atom. The molecular weight excluding hydrogens is 386 g/mol. The average Bonchev–Trinajstić information content (AvgIpc) is 3.20. The quantitative estimate of drug-likeness (QED) is 0.523. The summed E-state index contributed by atoms with van der Waals surface area (Å²) in [6.45, 7) is 1.98. The molecular formula is C21H17N5O4. The minimum absolute atomic E-state index is 0.0756. The Hall–Kier alpha value is -4.27. The minimum Gasteiger partial charge on any atom is -0.465 e. The highest BCUT2D eigenvalue weighted by Crippen LogP contribution is 2.14. The van der Waals surface area contributed by atoms with Crippen molar-refractivity contribution in [2.75, 3.05) is 12.5 Å². The summed E-state index contributed by atoms with van der Waals surface area (Å²) in [4.78, 5) is 41.7. The summed E-state index contributed by atoms with van der Waals surface area (Å²) in [7, 11) is 1.23. The third kappa shape index (κ3) is 3.32. The van der Waals surface area contributed by atoms with Crippen LogP contribution in [0.4, 0.5) is 0 Å². The Labute approximate surface area is 170 Å².